The molecule has 0 saturated heterocycles. The second-order valence-electron chi connectivity index (χ2n) is 5.42. The lowest BCUT2D eigenvalue weighted by Crippen LogP contribution is -2.16. The van der Waals surface area contributed by atoms with Crippen LogP contribution >= 0.6 is 0 Å². The lowest BCUT2D eigenvalue weighted by atomic mass is 10.2. The molecule has 7 heteroatoms. The minimum absolute atomic E-state index is 0.0946. The molecule has 120 valence electrons. The third kappa shape index (κ3) is 2.64. The predicted octanol–water partition coefficient (Wildman–Crippen LogP) is 3.59. The number of halogens is 2. The van der Waals surface area contributed by atoms with Crippen molar-refractivity contribution >= 4 is 23.1 Å². The molecule has 0 spiro atoms. The van der Waals surface area contributed by atoms with Crippen molar-refractivity contribution in [2.75, 3.05) is 16.8 Å². The number of nitrogens with zero attached hydrogens (tertiary/aromatic N) is 4. The Hall–Kier alpha value is -3.09. The van der Waals surface area contributed by atoms with Crippen LogP contribution in [0.2, 0.25) is 0 Å². The van der Waals surface area contributed by atoms with E-state index in [2.05, 4.69) is 26.6 Å². The first-order chi connectivity index (χ1) is 11.7. The molecule has 5 nitrogen and oxygen atoms in total. The van der Waals surface area contributed by atoms with E-state index in [0.717, 1.165) is 24.7 Å². The average molecular weight is 325 g/mol. The maximum absolute atomic E-state index is 13.7. The fraction of sp³-hybridized carbons (Fsp3) is 0.118. The molecule has 0 aliphatic carbocycles. The van der Waals surface area contributed by atoms with Crippen molar-refractivity contribution in [1.29, 1.82) is 0 Å². The maximum atomic E-state index is 13.7. The standard InChI is InChI=1S/C17H13F2N5/c18-12-5-6-14(13(19)9-12)21-17-22-16(10-20-23-17)24-8-7-11-3-1-2-4-15(11)24/h1-6,9-10H,7-8H2,(H,21,22,23). The number of fused-ring (bicyclic) bond motifs is 1. The fourth-order valence-corrected chi connectivity index (χ4v) is 2.77. The van der Waals surface area contributed by atoms with Crippen molar-refractivity contribution in [3.05, 3.63) is 65.9 Å². The molecule has 0 radical (unpaired) electrons. The van der Waals surface area contributed by atoms with Crippen molar-refractivity contribution in [3.63, 3.8) is 0 Å². The molecule has 0 saturated carbocycles. The Morgan fingerprint density at radius 1 is 1.08 bits per heavy atom. The van der Waals surface area contributed by atoms with Gasteiger partial charge in [-0.1, -0.05) is 18.2 Å². The summed E-state index contributed by atoms with van der Waals surface area (Å²) in [6.07, 6.45) is 2.49. The molecule has 0 unspecified atom stereocenters. The lowest BCUT2D eigenvalue weighted by molar-refractivity contribution is 0.586. The van der Waals surface area contributed by atoms with Crippen LogP contribution in [0.4, 0.5) is 31.9 Å². The lowest BCUT2D eigenvalue weighted by Gasteiger charge is -2.18. The zero-order chi connectivity index (χ0) is 16.5. The summed E-state index contributed by atoms with van der Waals surface area (Å²) in [5.41, 5.74) is 2.42. The number of aromatic nitrogens is 3. The van der Waals surface area contributed by atoms with E-state index in [4.69, 9.17) is 0 Å². The number of hydrogen-bond donors (Lipinski definition) is 1. The maximum Gasteiger partial charge on any atom is 0.249 e. The first-order valence-corrected chi connectivity index (χ1v) is 7.48. The zero-order valence-electron chi connectivity index (χ0n) is 12.6. The summed E-state index contributed by atoms with van der Waals surface area (Å²) >= 11 is 0. The molecule has 0 atom stereocenters. The fourth-order valence-electron chi connectivity index (χ4n) is 2.77. The van der Waals surface area contributed by atoms with Crippen LogP contribution in [0.25, 0.3) is 0 Å². The van der Waals surface area contributed by atoms with E-state index in [1.54, 1.807) is 6.20 Å². The summed E-state index contributed by atoms with van der Waals surface area (Å²) in [5, 5.41) is 10.5. The second kappa shape index (κ2) is 5.84. The smallest absolute Gasteiger partial charge is 0.249 e. The highest BCUT2D eigenvalue weighted by atomic mass is 19.1. The molecule has 24 heavy (non-hydrogen) atoms. The van der Waals surface area contributed by atoms with Crippen LogP contribution in [-0.2, 0) is 6.42 Å². The molecular weight excluding hydrogens is 312 g/mol. The minimum Gasteiger partial charge on any atom is -0.324 e. The Labute approximate surface area is 137 Å². The van der Waals surface area contributed by atoms with E-state index < -0.39 is 11.6 Å². The first-order valence-electron chi connectivity index (χ1n) is 7.48. The van der Waals surface area contributed by atoms with Crippen LogP contribution in [0.3, 0.4) is 0 Å². The zero-order valence-corrected chi connectivity index (χ0v) is 12.6. The van der Waals surface area contributed by atoms with Gasteiger partial charge < -0.3 is 10.2 Å². The van der Waals surface area contributed by atoms with Gasteiger partial charge in [0.15, 0.2) is 5.82 Å². The van der Waals surface area contributed by atoms with Gasteiger partial charge in [0, 0.05) is 18.3 Å². The molecule has 0 bridgehead atoms. The van der Waals surface area contributed by atoms with E-state index in [-0.39, 0.29) is 11.6 Å². The van der Waals surface area contributed by atoms with Crippen molar-refractivity contribution in [2.45, 2.75) is 6.42 Å². The molecule has 1 N–H and O–H groups in total. The molecule has 3 aromatic rings. The van der Waals surface area contributed by atoms with Gasteiger partial charge in [0.25, 0.3) is 0 Å². The number of benzene rings is 2. The third-order valence-corrected chi connectivity index (χ3v) is 3.89. The minimum atomic E-state index is -0.712. The Kier molecular flexibility index (Phi) is 3.53. The van der Waals surface area contributed by atoms with Crippen molar-refractivity contribution in [1.82, 2.24) is 15.2 Å². The quantitative estimate of drug-likeness (QED) is 0.797. The number of nitrogens with one attached hydrogen (secondary N) is 1. The molecule has 1 aliphatic rings. The van der Waals surface area contributed by atoms with Gasteiger partial charge >= 0.3 is 0 Å². The van der Waals surface area contributed by atoms with E-state index >= 15 is 0 Å². The Bertz CT molecular complexity index is 900. The Morgan fingerprint density at radius 3 is 2.83 bits per heavy atom. The number of anilines is 4. The molecular formula is C17H13F2N5. The van der Waals surface area contributed by atoms with Gasteiger partial charge in [0.2, 0.25) is 5.95 Å². The molecule has 1 aliphatic heterocycles. The molecule has 0 fully saturated rings. The number of rotatable bonds is 3. The van der Waals surface area contributed by atoms with Crippen molar-refractivity contribution in [3.8, 4) is 0 Å². The molecule has 4 rings (SSSR count). The summed E-state index contributed by atoms with van der Waals surface area (Å²) < 4.78 is 26.7. The first kappa shape index (κ1) is 14.5. The normalized spacial score (nSPS) is 13.0. The van der Waals surface area contributed by atoms with E-state index in [1.807, 2.05) is 23.1 Å². The van der Waals surface area contributed by atoms with Gasteiger partial charge in [-0.05, 0) is 30.2 Å². The van der Waals surface area contributed by atoms with Crippen LogP contribution < -0.4 is 10.2 Å². The molecule has 2 aromatic carbocycles. The highest BCUT2D eigenvalue weighted by Crippen LogP contribution is 2.33. The van der Waals surface area contributed by atoms with Crippen LogP contribution in [0.5, 0.6) is 0 Å². The van der Waals surface area contributed by atoms with Gasteiger partial charge in [0.1, 0.15) is 11.6 Å². The van der Waals surface area contributed by atoms with Crippen LogP contribution in [0, 0.1) is 11.6 Å². The molecule has 1 aromatic heterocycles. The van der Waals surface area contributed by atoms with E-state index in [1.165, 1.54) is 17.7 Å². The van der Waals surface area contributed by atoms with Crippen LogP contribution in [-0.4, -0.2) is 21.7 Å². The predicted molar refractivity (Wildman–Crippen MR) is 86.6 cm³/mol. The van der Waals surface area contributed by atoms with Crippen LogP contribution in [0.15, 0.2) is 48.7 Å². The van der Waals surface area contributed by atoms with Crippen molar-refractivity contribution < 1.29 is 8.78 Å². The van der Waals surface area contributed by atoms with Gasteiger partial charge in [-0.2, -0.15) is 10.1 Å². The topological polar surface area (TPSA) is 53.9 Å². The highest BCUT2D eigenvalue weighted by molar-refractivity contribution is 5.67. The molecule has 0 amide bonds. The van der Waals surface area contributed by atoms with Crippen LogP contribution in [0.1, 0.15) is 5.56 Å². The summed E-state index contributed by atoms with van der Waals surface area (Å²) in [6, 6.07) is 11.3. The summed E-state index contributed by atoms with van der Waals surface area (Å²) in [7, 11) is 0. The van der Waals surface area contributed by atoms with E-state index in [0.29, 0.717) is 5.82 Å². The Balaban J connectivity index is 1.63. The summed E-state index contributed by atoms with van der Waals surface area (Å²) in [6.45, 7) is 0.794. The Morgan fingerprint density at radius 2 is 1.96 bits per heavy atom. The van der Waals surface area contributed by atoms with Crippen molar-refractivity contribution in [2.24, 2.45) is 0 Å². The SMILES string of the molecule is Fc1ccc(Nc2nncc(N3CCc4ccccc43)n2)c(F)c1. The second-order valence-corrected chi connectivity index (χ2v) is 5.42. The highest BCUT2D eigenvalue weighted by Gasteiger charge is 2.21. The monoisotopic (exact) mass is 325 g/mol. The van der Waals surface area contributed by atoms with E-state index in [9.17, 15) is 8.78 Å². The average Bonchev–Trinajstić information content (AvgIpc) is 3.02. The summed E-state index contributed by atoms with van der Waals surface area (Å²) in [5.74, 6) is -0.572. The molecule has 2 heterocycles. The third-order valence-electron chi connectivity index (χ3n) is 3.89. The van der Waals surface area contributed by atoms with Gasteiger partial charge in [0.05, 0.1) is 11.9 Å². The van der Waals surface area contributed by atoms with Gasteiger partial charge in [-0.3, -0.25) is 0 Å². The van der Waals surface area contributed by atoms with Gasteiger partial charge in [-0.15, -0.1) is 5.10 Å². The van der Waals surface area contributed by atoms with Gasteiger partial charge in [-0.25, -0.2) is 8.78 Å². The number of hydrogen-bond acceptors (Lipinski definition) is 5. The summed E-state index contributed by atoms with van der Waals surface area (Å²) in [4.78, 5) is 6.43. The number of para-hydroxylation sites is 1. The largest absolute Gasteiger partial charge is 0.324 e.